The van der Waals surface area contributed by atoms with Crippen LogP contribution in [0.25, 0.3) is 0 Å². The van der Waals surface area contributed by atoms with Crippen molar-refractivity contribution in [1.82, 2.24) is 0 Å². The highest BCUT2D eigenvalue weighted by Crippen LogP contribution is 2.52. The van der Waals surface area contributed by atoms with E-state index in [4.69, 9.17) is 5.11 Å². The first-order valence-electron chi connectivity index (χ1n) is 3.85. The zero-order valence-corrected chi connectivity index (χ0v) is 8.27. The number of carboxylic acids is 1. The number of carboxylic acid groups (broad SMARTS) is 1. The van der Waals surface area contributed by atoms with Crippen LogP contribution in [0.15, 0.2) is 0 Å². The van der Waals surface area contributed by atoms with Crippen LogP contribution in [0, 0.1) is 5.41 Å². The molecule has 1 saturated carbocycles. The summed E-state index contributed by atoms with van der Waals surface area (Å²) in [4.78, 5) is 10.7. The zero-order valence-electron chi connectivity index (χ0n) is 7.46. The van der Waals surface area contributed by atoms with Gasteiger partial charge in [0.25, 0.3) is 0 Å². The SMILES string of the molecule is CS(=O)(=O)CC1(C(=O)O)CC(F)(F)C1. The molecule has 0 atom stereocenters. The number of alkyl halides is 2. The van der Waals surface area contributed by atoms with E-state index in [1.165, 1.54) is 0 Å². The smallest absolute Gasteiger partial charge is 0.311 e. The van der Waals surface area contributed by atoms with Crippen LogP contribution in [-0.4, -0.2) is 37.4 Å². The summed E-state index contributed by atoms with van der Waals surface area (Å²) in [6, 6.07) is 0. The van der Waals surface area contributed by atoms with Crippen molar-refractivity contribution in [2.24, 2.45) is 5.41 Å². The van der Waals surface area contributed by atoms with E-state index in [1.54, 1.807) is 0 Å². The number of hydrogen-bond donors (Lipinski definition) is 1. The van der Waals surface area contributed by atoms with Gasteiger partial charge in [0.15, 0.2) is 0 Å². The minimum Gasteiger partial charge on any atom is -0.481 e. The van der Waals surface area contributed by atoms with Gasteiger partial charge in [-0.1, -0.05) is 0 Å². The molecule has 0 amide bonds. The van der Waals surface area contributed by atoms with Crippen LogP contribution in [0.5, 0.6) is 0 Å². The molecule has 0 saturated heterocycles. The predicted molar refractivity (Wildman–Crippen MR) is 44.0 cm³/mol. The van der Waals surface area contributed by atoms with E-state index in [9.17, 15) is 22.0 Å². The second-order valence-corrected chi connectivity index (χ2v) is 6.01. The number of aliphatic carboxylic acids is 1. The molecule has 7 heteroatoms. The molecule has 0 aromatic heterocycles. The fraction of sp³-hybridized carbons (Fsp3) is 0.857. The number of rotatable bonds is 3. The van der Waals surface area contributed by atoms with Gasteiger partial charge < -0.3 is 5.11 Å². The average Bonchev–Trinajstić information content (AvgIpc) is 1.77. The highest BCUT2D eigenvalue weighted by atomic mass is 32.2. The maximum absolute atomic E-state index is 12.5. The molecule has 0 unspecified atom stereocenters. The lowest BCUT2D eigenvalue weighted by atomic mass is 9.67. The Morgan fingerprint density at radius 1 is 1.43 bits per heavy atom. The molecular weight excluding hydrogens is 218 g/mol. The van der Waals surface area contributed by atoms with E-state index in [1.807, 2.05) is 0 Å². The zero-order chi connectivity index (χ0) is 11.2. The predicted octanol–water partition coefficient (Wildman–Crippen LogP) is 0.531. The Bertz CT molecular complexity index is 352. The van der Waals surface area contributed by atoms with Crippen molar-refractivity contribution in [2.45, 2.75) is 18.8 Å². The minimum absolute atomic E-state index is 0.717. The number of hydrogen-bond acceptors (Lipinski definition) is 3. The summed E-state index contributed by atoms with van der Waals surface area (Å²) in [5.41, 5.74) is -1.78. The fourth-order valence-corrected chi connectivity index (χ4v) is 3.09. The Balaban J connectivity index is 2.84. The van der Waals surface area contributed by atoms with E-state index in [2.05, 4.69) is 0 Å². The van der Waals surface area contributed by atoms with Gasteiger partial charge in [0.2, 0.25) is 5.92 Å². The molecule has 0 bridgehead atoms. The van der Waals surface area contributed by atoms with E-state index in [-0.39, 0.29) is 0 Å². The molecule has 4 nitrogen and oxygen atoms in total. The molecule has 0 heterocycles. The van der Waals surface area contributed by atoms with Crippen LogP contribution in [-0.2, 0) is 14.6 Å². The summed E-state index contributed by atoms with van der Waals surface area (Å²) in [6.07, 6.45) is -0.932. The third-order valence-electron chi connectivity index (χ3n) is 2.19. The summed E-state index contributed by atoms with van der Waals surface area (Å²) in [5, 5.41) is 8.68. The molecule has 0 aromatic carbocycles. The second-order valence-electron chi connectivity index (χ2n) is 3.87. The maximum Gasteiger partial charge on any atom is 0.311 e. The molecule has 0 aromatic rings. The van der Waals surface area contributed by atoms with Gasteiger partial charge in [0.1, 0.15) is 9.84 Å². The molecule has 1 N–H and O–H groups in total. The van der Waals surface area contributed by atoms with Crippen LogP contribution in [0.1, 0.15) is 12.8 Å². The molecule has 82 valence electrons. The molecule has 1 aliphatic rings. The molecule has 0 aliphatic heterocycles. The molecule has 0 spiro atoms. The lowest BCUT2D eigenvalue weighted by Gasteiger charge is -2.43. The van der Waals surface area contributed by atoms with Crippen LogP contribution < -0.4 is 0 Å². The van der Waals surface area contributed by atoms with E-state index in [0.717, 1.165) is 6.26 Å². The molecule has 1 aliphatic carbocycles. The number of halogens is 2. The standard InChI is InChI=1S/C7H10F2O4S/c1-14(12,13)4-6(5(10)11)2-7(8,9)3-6/h2-4H2,1H3,(H,10,11). The lowest BCUT2D eigenvalue weighted by Crippen LogP contribution is -2.54. The van der Waals surface area contributed by atoms with Crippen molar-refractivity contribution in [2.75, 3.05) is 12.0 Å². The second kappa shape index (κ2) is 2.88. The molecule has 1 fully saturated rings. The minimum atomic E-state index is -3.55. The highest BCUT2D eigenvalue weighted by Gasteiger charge is 2.62. The van der Waals surface area contributed by atoms with Crippen molar-refractivity contribution >= 4 is 15.8 Å². The van der Waals surface area contributed by atoms with Crippen LogP contribution >= 0.6 is 0 Å². The van der Waals surface area contributed by atoms with Crippen molar-refractivity contribution in [3.63, 3.8) is 0 Å². The Kier molecular flexibility index (Phi) is 2.34. The topological polar surface area (TPSA) is 71.4 Å². The molecule has 1 rings (SSSR count). The van der Waals surface area contributed by atoms with Crippen LogP contribution in [0.3, 0.4) is 0 Å². The number of carbonyl (C=O) groups is 1. The van der Waals surface area contributed by atoms with Crippen molar-refractivity contribution in [3.05, 3.63) is 0 Å². The largest absolute Gasteiger partial charge is 0.481 e. The van der Waals surface area contributed by atoms with Crippen molar-refractivity contribution < 1.29 is 27.1 Å². The summed E-state index contributed by atoms with van der Waals surface area (Å²) in [6.45, 7) is 0. The van der Waals surface area contributed by atoms with E-state index in [0.29, 0.717) is 0 Å². The maximum atomic E-state index is 12.5. The van der Waals surface area contributed by atoms with Gasteiger partial charge in [-0.05, 0) is 0 Å². The molecule has 14 heavy (non-hydrogen) atoms. The van der Waals surface area contributed by atoms with Crippen molar-refractivity contribution in [1.29, 1.82) is 0 Å². The van der Waals surface area contributed by atoms with Gasteiger partial charge in [-0.2, -0.15) is 0 Å². The first-order valence-corrected chi connectivity index (χ1v) is 5.91. The summed E-state index contributed by atoms with van der Waals surface area (Å²) in [7, 11) is -3.55. The van der Waals surface area contributed by atoms with Gasteiger partial charge in [0, 0.05) is 19.1 Å². The summed E-state index contributed by atoms with van der Waals surface area (Å²) in [5.74, 6) is -5.22. The summed E-state index contributed by atoms with van der Waals surface area (Å²) >= 11 is 0. The van der Waals surface area contributed by atoms with E-state index >= 15 is 0 Å². The molecular formula is C7H10F2O4S. The Morgan fingerprint density at radius 2 is 1.86 bits per heavy atom. The quantitative estimate of drug-likeness (QED) is 0.764. The molecule has 0 radical (unpaired) electrons. The van der Waals surface area contributed by atoms with Gasteiger partial charge >= 0.3 is 5.97 Å². The van der Waals surface area contributed by atoms with Gasteiger partial charge in [-0.15, -0.1) is 0 Å². The average molecular weight is 228 g/mol. The van der Waals surface area contributed by atoms with Gasteiger partial charge in [-0.25, -0.2) is 17.2 Å². The third-order valence-corrected chi connectivity index (χ3v) is 3.26. The Morgan fingerprint density at radius 3 is 2.07 bits per heavy atom. The Hall–Kier alpha value is -0.720. The fourth-order valence-electron chi connectivity index (χ4n) is 1.76. The highest BCUT2D eigenvalue weighted by molar-refractivity contribution is 7.90. The van der Waals surface area contributed by atoms with E-state index < -0.39 is 45.7 Å². The third kappa shape index (κ3) is 2.20. The van der Waals surface area contributed by atoms with Gasteiger partial charge in [0.05, 0.1) is 11.2 Å². The first-order chi connectivity index (χ1) is 6.06. The van der Waals surface area contributed by atoms with Crippen molar-refractivity contribution in [3.8, 4) is 0 Å². The normalized spacial score (nSPS) is 23.9. The lowest BCUT2D eigenvalue weighted by molar-refractivity contribution is -0.188. The first kappa shape index (κ1) is 11.4. The monoisotopic (exact) mass is 228 g/mol. The van der Waals surface area contributed by atoms with Crippen LogP contribution in [0.2, 0.25) is 0 Å². The summed E-state index contributed by atoms with van der Waals surface area (Å²) < 4.78 is 46.7. The van der Waals surface area contributed by atoms with Gasteiger partial charge in [-0.3, -0.25) is 4.79 Å². The Labute approximate surface area is 79.8 Å². The number of sulfone groups is 1. The van der Waals surface area contributed by atoms with Crippen LogP contribution in [0.4, 0.5) is 8.78 Å².